The molecule has 1 aliphatic carbocycles. The number of hydrogen-bond acceptors (Lipinski definition) is 4. The molecule has 0 N–H and O–H groups in total. The van der Waals surface area contributed by atoms with Crippen molar-refractivity contribution in [2.24, 2.45) is 0 Å². The van der Waals surface area contributed by atoms with E-state index < -0.39 is 0 Å². The zero-order chi connectivity index (χ0) is 25.9. The smallest absolute Gasteiger partial charge is 1.00 e. The first kappa shape index (κ1) is 29.0. The maximum atomic E-state index is 8.76. The van der Waals surface area contributed by atoms with Crippen LogP contribution in [0.1, 0.15) is 34.8 Å². The first-order valence-electron chi connectivity index (χ1n) is 11.7. The molecule has 0 fully saturated rings. The number of fused-ring (bicyclic) bond motifs is 2. The fourth-order valence-corrected chi connectivity index (χ4v) is 4.19. The first-order valence-corrected chi connectivity index (χ1v) is 12.8. The fraction of sp³-hybridized carbons (Fsp3) is 0.0968. The van der Waals surface area contributed by atoms with Gasteiger partial charge >= 0.3 is 29.6 Å². The molecule has 38 heavy (non-hydrogen) atoms. The van der Waals surface area contributed by atoms with Gasteiger partial charge in [-0.3, -0.25) is 9.97 Å². The van der Waals surface area contributed by atoms with Gasteiger partial charge in [0.05, 0.1) is 28.8 Å². The van der Waals surface area contributed by atoms with Crippen molar-refractivity contribution < 1.29 is 31.0 Å². The maximum absolute atomic E-state index is 8.76. The van der Waals surface area contributed by atoms with Gasteiger partial charge in [-0.25, -0.2) is 0 Å². The van der Waals surface area contributed by atoms with E-state index in [1.165, 1.54) is 27.8 Å². The Morgan fingerprint density at radius 3 is 2.08 bits per heavy atom. The van der Waals surface area contributed by atoms with Crippen LogP contribution in [-0.4, -0.2) is 14.5 Å². The van der Waals surface area contributed by atoms with E-state index in [0.717, 1.165) is 23.7 Å². The molecule has 0 radical (unpaired) electrons. The summed E-state index contributed by atoms with van der Waals surface area (Å²) in [5.41, 5.74) is 7.63. The Morgan fingerprint density at radius 2 is 1.45 bits per heavy atom. The van der Waals surface area contributed by atoms with Crippen molar-refractivity contribution in [2.45, 2.75) is 18.3 Å². The Labute approximate surface area is 255 Å². The number of pyridine rings is 2. The molecule has 0 aliphatic heterocycles. The summed E-state index contributed by atoms with van der Waals surface area (Å²) >= 11 is 3.32. The van der Waals surface area contributed by atoms with E-state index in [-0.39, 0.29) is 31.0 Å². The van der Waals surface area contributed by atoms with E-state index in [4.69, 9.17) is 10.5 Å². The Morgan fingerprint density at radius 1 is 0.816 bits per heavy atom. The summed E-state index contributed by atoms with van der Waals surface area (Å²) in [4.78, 5) is 8.11. The summed E-state index contributed by atoms with van der Waals surface area (Å²) in [7, 11) is 0. The average molecular weight is 570 g/mol. The third-order valence-electron chi connectivity index (χ3n) is 5.83. The van der Waals surface area contributed by atoms with Crippen molar-refractivity contribution in [1.29, 1.82) is 10.5 Å². The predicted octanol–water partition coefficient (Wildman–Crippen LogP) is 4.18. The molecule has 3 aromatic heterocycles. The summed E-state index contributed by atoms with van der Waals surface area (Å²) < 4.78 is 2.18. The second-order valence-electron chi connectivity index (χ2n) is 8.31. The number of nitrogens with zero attached hydrogens (tertiary/aromatic N) is 5. The quantitative estimate of drug-likeness (QED) is 0.241. The van der Waals surface area contributed by atoms with Gasteiger partial charge in [0.2, 0.25) is 0 Å². The minimum atomic E-state index is 0. The largest absolute Gasteiger partial charge is 1.00 e. The van der Waals surface area contributed by atoms with Crippen LogP contribution in [-0.2, 0) is 18.3 Å². The Bertz CT molecular complexity index is 1580. The van der Waals surface area contributed by atoms with Gasteiger partial charge < -0.3 is 5.99 Å². The minimum Gasteiger partial charge on any atom is -1.00 e. The molecule has 6 rings (SSSR count). The summed E-state index contributed by atoms with van der Waals surface area (Å²) in [6, 6.07) is 25.5. The van der Waals surface area contributed by atoms with Gasteiger partial charge in [-0.15, -0.1) is 0 Å². The number of aromatic nitrogens is 3. The zero-order valence-corrected chi connectivity index (χ0v) is 24.7. The molecule has 2 aromatic carbocycles. The number of rotatable bonds is 3. The monoisotopic (exact) mass is 569 g/mol. The topological polar surface area (TPSA) is 78.3 Å². The molecule has 0 atom stereocenters. The first-order chi connectivity index (χ1) is 18.2. The van der Waals surface area contributed by atoms with Crippen LogP contribution in [0.25, 0.3) is 17.0 Å². The molecular formula is C31H25BrN5Na. The minimum absolute atomic E-state index is 0. The molecule has 7 heteroatoms. The van der Waals surface area contributed by atoms with Crippen molar-refractivity contribution in [3.05, 3.63) is 137 Å². The SMILES string of the molecule is C1=Cc2cnccc2C1.N#Cc1ccc(CBr)cc1.N#Cc1ccc(Cn2ccc3cnccc32)cc1.[H-].[Na+]. The van der Waals surface area contributed by atoms with Gasteiger partial charge in [-0.2, -0.15) is 10.5 Å². The van der Waals surface area contributed by atoms with Gasteiger partial charge in [0, 0.05) is 48.2 Å². The molecule has 182 valence electrons. The summed E-state index contributed by atoms with van der Waals surface area (Å²) in [6.45, 7) is 0.805. The number of halogens is 1. The molecule has 1 aliphatic rings. The third-order valence-corrected chi connectivity index (χ3v) is 6.47. The summed E-state index contributed by atoms with van der Waals surface area (Å²) in [6.07, 6.45) is 14.8. The van der Waals surface area contributed by atoms with Crippen molar-refractivity contribution in [3.63, 3.8) is 0 Å². The molecule has 0 unspecified atom stereocenters. The molecule has 5 aromatic rings. The van der Waals surface area contributed by atoms with Crippen molar-refractivity contribution in [2.75, 3.05) is 0 Å². The average Bonchev–Trinajstić information content (AvgIpc) is 3.62. The Kier molecular flexibility index (Phi) is 11.5. The van der Waals surface area contributed by atoms with E-state index in [0.29, 0.717) is 11.1 Å². The van der Waals surface area contributed by atoms with E-state index >= 15 is 0 Å². The summed E-state index contributed by atoms with van der Waals surface area (Å²) in [5.74, 6) is 0. The second kappa shape index (κ2) is 15.0. The van der Waals surface area contributed by atoms with Crippen molar-refractivity contribution >= 4 is 32.9 Å². The van der Waals surface area contributed by atoms with Crippen LogP contribution in [0.4, 0.5) is 0 Å². The molecule has 0 amide bonds. The van der Waals surface area contributed by atoms with E-state index in [1.807, 2.05) is 73.2 Å². The van der Waals surface area contributed by atoms with Crippen molar-refractivity contribution in [3.8, 4) is 12.1 Å². The molecule has 3 heterocycles. The second-order valence-corrected chi connectivity index (χ2v) is 8.87. The number of benzene rings is 2. The predicted molar refractivity (Wildman–Crippen MR) is 152 cm³/mol. The summed E-state index contributed by atoms with van der Waals surface area (Å²) in [5, 5.41) is 19.2. The van der Waals surface area contributed by atoms with Gasteiger partial charge in [-0.05, 0) is 71.1 Å². The van der Waals surface area contributed by atoms with Gasteiger partial charge in [-0.1, -0.05) is 52.3 Å². The van der Waals surface area contributed by atoms with Crippen LogP contribution < -0.4 is 29.6 Å². The van der Waals surface area contributed by atoms with Gasteiger partial charge in [0.25, 0.3) is 0 Å². The molecule has 0 spiro atoms. The number of allylic oxidation sites excluding steroid dienone is 1. The van der Waals surface area contributed by atoms with Gasteiger partial charge in [0.15, 0.2) is 0 Å². The van der Waals surface area contributed by atoms with Crippen LogP contribution >= 0.6 is 15.9 Å². The molecular weight excluding hydrogens is 545 g/mol. The van der Waals surface area contributed by atoms with Crippen LogP contribution in [0.3, 0.4) is 0 Å². The van der Waals surface area contributed by atoms with Gasteiger partial charge in [0.1, 0.15) is 0 Å². The van der Waals surface area contributed by atoms with Crippen LogP contribution in [0.15, 0.2) is 104 Å². The zero-order valence-electron chi connectivity index (χ0n) is 22.1. The molecule has 0 bridgehead atoms. The third kappa shape index (κ3) is 7.99. The van der Waals surface area contributed by atoms with Crippen LogP contribution in [0.2, 0.25) is 0 Å². The number of nitriles is 2. The van der Waals surface area contributed by atoms with E-state index in [2.05, 4.69) is 73.1 Å². The molecule has 5 nitrogen and oxygen atoms in total. The Balaban J connectivity index is 0.000000217. The Hall–Kier alpha value is -3.52. The maximum Gasteiger partial charge on any atom is 1.00 e. The molecule has 0 saturated heterocycles. The fourth-order valence-electron chi connectivity index (χ4n) is 3.81. The number of hydrogen-bond donors (Lipinski definition) is 0. The van der Waals surface area contributed by atoms with Crippen molar-refractivity contribution in [1.82, 2.24) is 14.5 Å². The normalized spacial score (nSPS) is 10.5. The van der Waals surface area contributed by atoms with Crippen LogP contribution in [0.5, 0.6) is 0 Å². The number of alkyl halides is 1. The molecule has 0 saturated carbocycles. The standard InChI is InChI=1S/C15H11N3.C8H6BrN.C8H7N.Na.H/c16-9-12-1-3-13(4-2-12)11-18-8-6-14-10-17-7-5-15(14)18;9-5-7-1-3-8(6-10)4-2-7;1-2-7-4-5-9-6-8(7)3-1;;/h1-8,10H,11H2;1-4H,5H2;1,3-6H,2H2;;/q;;;+1;-1. The van der Waals surface area contributed by atoms with Crippen LogP contribution in [0, 0.1) is 22.7 Å². The van der Waals surface area contributed by atoms with E-state index in [1.54, 1.807) is 6.20 Å². The van der Waals surface area contributed by atoms with E-state index in [9.17, 15) is 0 Å².